The van der Waals surface area contributed by atoms with Gasteiger partial charge < -0.3 is 10.1 Å². The highest BCUT2D eigenvalue weighted by Crippen LogP contribution is 2.26. The second-order valence-corrected chi connectivity index (χ2v) is 7.23. The van der Waals surface area contributed by atoms with E-state index in [2.05, 4.69) is 26.1 Å². The van der Waals surface area contributed by atoms with Crippen LogP contribution in [0.15, 0.2) is 42.5 Å². The van der Waals surface area contributed by atoms with Gasteiger partial charge in [0.2, 0.25) is 0 Å². The van der Waals surface area contributed by atoms with Gasteiger partial charge in [-0.15, -0.1) is 0 Å². The Balaban J connectivity index is 2.06. The Morgan fingerprint density at radius 2 is 1.77 bits per heavy atom. The summed E-state index contributed by atoms with van der Waals surface area (Å²) in [6, 6.07) is 12.2. The molecule has 2 aromatic carbocycles. The van der Waals surface area contributed by atoms with Crippen molar-refractivity contribution in [2.75, 3.05) is 5.32 Å². The SMILES string of the molecule is Cc1c(NC(=O)[C@@H](C)Oc2ccc(C(C)(C)C)cc2)cccc1[N+](=O)[O-]. The molecule has 2 aromatic rings. The third kappa shape index (κ3) is 4.59. The molecule has 0 aliphatic heterocycles. The maximum absolute atomic E-state index is 12.4. The Morgan fingerprint density at radius 3 is 2.31 bits per heavy atom. The molecule has 0 unspecified atom stereocenters. The molecule has 0 aromatic heterocycles. The van der Waals surface area contributed by atoms with Crippen molar-refractivity contribution in [1.82, 2.24) is 0 Å². The predicted octanol–water partition coefficient (Wildman–Crippen LogP) is 4.61. The van der Waals surface area contributed by atoms with Crippen LogP contribution in [0.2, 0.25) is 0 Å². The first kappa shape index (κ1) is 19.4. The summed E-state index contributed by atoms with van der Waals surface area (Å²) in [6.45, 7) is 9.62. The minimum absolute atomic E-state index is 0.0332. The molecular weight excluding hydrogens is 332 g/mol. The minimum Gasteiger partial charge on any atom is -0.481 e. The van der Waals surface area contributed by atoms with E-state index in [1.165, 1.54) is 17.7 Å². The largest absolute Gasteiger partial charge is 0.481 e. The number of nitrogens with zero attached hydrogens (tertiary/aromatic N) is 1. The zero-order valence-corrected chi connectivity index (χ0v) is 15.7. The van der Waals surface area contributed by atoms with Gasteiger partial charge in [-0.3, -0.25) is 14.9 Å². The number of anilines is 1. The summed E-state index contributed by atoms with van der Waals surface area (Å²) in [4.78, 5) is 22.9. The Labute approximate surface area is 153 Å². The van der Waals surface area contributed by atoms with E-state index >= 15 is 0 Å². The van der Waals surface area contributed by atoms with Gasteiger partial charge in [-0.25, -0.2) is 0 Å². The number of nitro benzene ring substituents is 1. The number of amides is 1. The van der Waals surface area contributed by atoms with Crippen LogP contribution in [0, 0.1) is 17.0 Å². The van der Waals surface area contributed by atoms with E-state index in [0.29, 0.717) is 17.0 Å². The molecule has 26 heavy (non-hydrogen) atoms. The highest BCUT2D eigenvalue weighted by Gasteiger charge is 2.19. The van der Waals surface area contributed by atoms with Gasteiger partial charge in [-0.1, -0.05) is 39.0 Å². The quantitative estimate of drug-likeness (QED) is 0.627. The van der Waals surface area contributed by atoms with E-state index in [0.717, 1.165) is 0 Å². The molecule has 0 spiro atoms. The second-order valence-electron chi connectivity index (χ2n) is 7.23. The molecule has 1 N–H and O–H groups in total. The fourth-order valence-corrected chi connectivity index (χ4v) is 2.48. The molecule has 0 fully saturated rings. The van der Waals surface area contributed by atoms with Gasteiger partial charge in [0.15, 0.2) is 6.10 Å². The van der Waals surface area contributed by atoms with E-state index in [-0.39, 0.29) is 17.0 Å². The van der Waals surface area contributed by atoms with Crippen LogP contribution >= 0.6 is 0 Å². The summed E-state index contributed by atoms with van der Waals surface area (Å²) in [5.41, 5.74) is 2.00. The van der Waals surface area contributed by atoms with Crippen molar-refractivity contribution in [3.63, 3.8) is 0 Å². The van der Waals surface area contributed by atoms with Gasteiger partial charge in [-0.05, 0) is 43.0 Å². The molecule has 0 radical (unpaired) electrons. The molecule has 0 bridgehead atoms. The number of carbonyl (C=O) groups is 1. The summed E-state index contributed by atoms with van der Waals surface area (Å²) >= 11 is 0. The maximum Gasteiger partial charge on any atom is 0.274 e. The number of benzene rings is 2. The van der Waals surface area contributed by atoms with Gasteiger partial charge in [0, 0.05) is 6.07 Å². The molecule has 6 nitrogen and oxygen atoms in total. The number of nitro groups is 1. The smallest absolute Gasteiger partial charge is 0.274 e. The van der Waals surface area contributed by atoms with Crippen molar-refractivity contribution in [2.24, 2.45) is 0 Å². The molecule has 0 aliphatic carbocycles. The molecular formula is C20H24N2O4. The Morgan fingerprint density at radius 1 is 1.15 bits per heavy atom. The maximum atomic E-state index is 12.4. The molecule has 1 atom stereocenters. The summed E-state index contributed by atoms with van der Waals surface area (Å²) in [5, 5.41) is 13.7. The van der Waals surface area contributed by atoms with E-state index in [9.17, 15) is 14.9 Å². The normalized spacial score (nSPS) is 12.3. The fourth-order valence-electron chi connectivity index (χ4n) is 2.48. The van der Waals surface area contributed by atoms with Crippen molar-refractivity contribution >= 4 is 17.3 Å². The van der Waals surface area contributed by atoms with Gasteiger partial charge in [0.25, 0.3) is 11.6 Å². The lowest BCUT2D eigenvalue weighted by molar-refractivity contribution is -0.385. The first-order valence-electron chi connectivity index (χ1n) is 8.41. The number of rotatable bonds is 5. The van der Waals surface area contributed by atoms with Crippen molar-refractivity contribution in [3.8, 4) is 5.75 Å². The summed E-state index contributed by atoms with van der Waals surface area (Å²) < 4.78 is 5.69. The Bertz CT molecular complexity index is 808. The van der Waals surface area contributed by atoms with Crippen LogP contribution in [0.1, 0.15) is 38.8 Å². The van der Waals surface area contributed by atoms with Gasteiger partial charge in [0.1, 0.15) is 5.75 Å². The number of carbonyl (C=O) groups excluding carboxylic acids is 1. The van der Waals surface area contributed by atoms with Crippen LogP contribution < -0.4 is 10.1 Å². The van der Waals surface area contributed by atoms with Crippen LogP contribution in [0.4, 0.5) is 11.4 Å². The van der Waals surface area contributed by atoms with E-state index in [1.54, 1.807) is 19.9 Å². The molecule has 0 aliphatic rings. The molecule has 138 valence electrons. The van der Waals surface area contributed by atoms with Gasteiger partial charge >= 0.3 is 0 Å². The average molecular weight is 356 g/mol. The van der Waals surface area contributed by atoms with Crippen molar-refractivity contribution in [2.45, 2.75) is 46.1 Å². The average Bonchev–Trinajstić information content (AvgIpc) is 2.56. The monoisotopic (exact) mass is 356 g/mol. The minimum atomic E-state index is -0.742. The summed E-state index contributed by atoms with van der Waals surface area (Å²) in [5.74, 6) is 0.227. The summed E-state index contributed by atoms with van der Waals surface area (Å²) in [7, 11) is 0. The van der Waals surface area contributed by atoms with E-state index in [1.807, 2.05) is 24.3 Å². The number of nitrogens with one attached hydrogen (secondary N) is 1. The van der Waals surface area contributed by atoms with Crippen molar-refractivity contribution in [3.05, 3.63) is 63.7 Å². The molecule has 2 rings (SSSR count). The molecule has 0 heterocycles. The van der Waals surface area contributed by atoms with Crippen LogP contribution in [0.5, 0.6) is 5.75 Å². The molecule has 0 saturated heterocycles. The standard InChI is InChI=1S/C20H24N2O4/c1-13-17(7-6-8-18(13)22(24)25)21-19(23)14(2)26-16-11-9-15(10-12-16)20(3,4)5/h6-12,14H,1-5H3,(H,21,23)/t14-/m1/s1. The van der Waals surface area contributed by atoms with E-state index in [4.69, 9.17) is 4.74 Å². The Kier molecular flexibility index (Phi) is 5.65. The van der Waals surface area contributed by atoms with Gasteiger partial charge in [-0.2, -0.15) is 0 Å². The van der Waals surface area contributed by atoms with E-state index < -0.39 is 11.0 Å². The third-order valence-corrected chi connectivity index (χ3v) is 4.16. The highest BCUT2D eigenvalue weighted by molar-refractivity contribution is 5.95. The number of hydrogen-bond acceptors (Lipinski definition) is 4. The first-order chi connectivity index (χ1) is 12.1. The van der Waals surface area contributed by atoms with Gasteiger partial charge in [0.05, 0.1) is 16.2 Å². The number of hydrogen-bond donors (Lipinski definition) is 1. The topological polar surface area (TPSA) is 81.5 Å². The zero-order valence-electron chi connectivity index (χ0n) is 15.7. The lowest BCUT2D eigenvalue weighted by atomic mass is 9.87. The lowest BCUT2D eigenvalue weighted by Gasteiger charge is -2.20. The fraction of sp³-hybridized carbons (Fsp3) is 0.350. The second kappa shape index (κ2) is 7.56. The predicted molar refractivity (Wildman–Crippen MR) is 102 cm³/mol. The van der Waals surface area contributed by atoms with Crippen LogP contribution in [-0.2, 0) is 10.2 Å². The molecule has 1 amide bonds. The molecule has 0 saturated carbocycles. The Hall–Kier alpha value is -2.89. The van der Waals surface area contributed by atoms with Crippen LogP contribution in [0.25, 0.3) is 0 Å². The summed E-state index contributed by atoms with van der Waals surface area (Å²) in [6.07, 6.45) is -0.742. The van der Waals surface area contributed by atoms with Crippen LogP contribution in [0.3, 0.4) is 0 Å². The van der Waals surface area contributed by atoms with Crippen molar-refractivity contribution in [1.29, 1.82) is 0 Å². The number of ether oxygens (including phenoxy) is 1. The lowest BCUT2D eigenvalue weighted by Crippen LogP contribution is -2.30. The highest BCUT2D eigenvalue weighted by atomic mass is 16.6. The zero-order chi connectivity index (χ0) is 19.5. The molecule has 6 heteroatoms. The van der Waals surface area contributed by atoms with Crippen LogP contribution in [-0.4, -0.2) is 16.9 Å². The van der Waals surface area contributed by atoms with Crippen molar-refractivity contribution < 1.29 is 14.5 Å². The third-order valence-electron chi connectivity index (χ3n) is 4.16. The first-order valence-corrected chi connectivity index (χ1v) is 8.41.